The molecule has 0 spiro atoms. The van der Waals surface area contributed by atoms with Crippen molar-refractivity contribution in [3.05, 3.63) is 82.8 Å². The summed E-state index contributed by atoms with van der Waals surface area (Å²) < 4.78 is 0.971. The average Bonchev–Trinajstić information content (AvgIpc) is 2.66. The molecule has 0 radical (unpaired) electrons. The van der Waals surface area contributed by atoms with Gasteiger partial charge in [-0.15, -0.1) is 0 Å². The summed E-state index contributed by atoms with van der Waals surface area (Å²) in [4.78, 5) is 17.3. The summed E-state index contributed by atoms with van der Waals surface area (Å²) in [5, 5.41) is 4.31. The third-order valence-corrected chi connectivity index (χ3v) is 5.60. The van der Waals surface area contributed by atoms with Crippen molar-refractivity contribution in [3.63, 3.8) is 0 Å². The molecule has 0 aliphatic rings. The van der Waals surface area contributed by atoms with Crippen molar-refractivity contribution in [2.75, 3.05) is 5.75 Å². The van der Waals surface area contributed by atoms with Crippen LogP contribution in [0.15, 0.2) is 82.3 Å². The molecule has 0 aliphatic carbocycles. The van der Waals surface area contributed by atoms with E-state index in [1.54, 1.807) is 0 Å². The highest BCUT2D eigenvalue weighted by molar-refractivity contribution is 9.10. The largest absolute Gasteiger partial charge is 0.293 e. The molecule has 4 heteroatoms. The fourth-order valence-corrected chi connectivity index (χ4v) is 4.03. The molecule has 0 amide bonds. The van der Waals surface area contributed by atoms with Crippen molar-refractivity contribution in [1.29, 1.82) is 0 Å². The lowest BCUT2D eigenvalue weighted by Gasteiger charge is -2.09. The number of pyridine rings is 1. The van der Waals surface area contributed by atoms with Gasteiger partial charge in [-0.25, -0.2) is 4.98 Å². The van der Waals surface area contributed by atoms with Crippen LogP contribution < -0.4 is 0 Å². The zero-order valence-corrected chi connectivity index (χ0v) is 15.7. The minimum atomic E-state index is 0.108. The van der Waals surface area contributed by atoms with Crippen molar-refractivity contribution in [1.82, 2.24) is 4.98 Å². The summed E-state index contributed by atoms with van der Waals surface area (Å²) in [6, 6.07) is 23.8. The monoisotopic (exact) mass is 407 g/mol. The minimum absolute atomic E-state index is 0.108. The highest BCUT2D eigenvalue weighted by Gasteiger charge is 2.11. The number of hydrogen-bond donors (Lipinski definition) is 0. The Balaban J connectivity index is 1.68. The standard InChI is InChI=1S/C21H14BrNOS/c22-15-11-9-14(10-12-15)20(24)13-25-21-18-7-2-1-5-16(18)17-6-3-4-8-19(17)23-21/h1-12H,13H2. The number of hydrogen-bond acceptors (Lipinski definition) is 3. The van der Waals surface area contributed by atoms with E-state index in [1.807, 2.05) is 54.6 Å². The van der Waals surface area contributed by atoms with E-state index in [2.05, 4.69) is 34.1 Å². The molecule has 0 atom stereocenters. The predicted molar refractivity (Wildman–Crippen MR) is 108 cm³/mol. The topological polar surface area (TPSA) is 30.0 Å². The highest BCUT2D eigenvalue weighted by atomic mass is 79.9. The van der Waals surface area contributed by atoms with Crippen LogP contribution in [0, 0.1) is 0 Å². The van der Waals surface area contributed by atoms with Gasteiger partial charge < -0.3 is 0 Å². The van der Waals surface area contributed by atoms with E-state index >= 15 is 0 Å². The fourth-order valence-electron chi connectivity index (χ4n) is 2.84. The molecule has 1 heterocycles. The second-order valence-corrected chi connectivity index (χ2v) is 7.58. The molecule has 0 aliphatic heterocycles. The van der Waals surface area contributed by atoms with Crippen molar-refractivity contribution < 1.29 is 4.79 Å². The van der Waals surface area contributed by atoms with Crippen LogP contribution in [0.1, 0.15) is 10.4 Å². The van der Waals surface area contributed by atoms with Gasteiger partial charge >= 0.3 is 0 Å². The zero-order chi connectivity index (χ0) is 17.2. The highest BCUT2D eigenvalue weighted by Crippen LogP contribution is 2.32. The normalized spacial score (nSPS) is 11.1. The lowest BCUT2D eigenvalue weighted by atomic mass is 10.1. The number of ketones is 1. The number of para-hydroxylation sites is 1. The fraction of sp³-hybridized carbons (Fsp3) is 0.0476. The van der Waals surface area contributed by atoms with Crippen LogP contribution in [0.25, 0.3) is 21.7 Å². The molecular weight excluding hydrogens is 394 g/mol. The number of aromatic nitrogens is 1. The number of thioether (sulfide) groups is 1. The smallest absolute Gasteiger partial charge is 0.173 e. The van der Waals surface area contributed by atoms with Crippen LogP contribution in [0.5, 0.6) is 0 Å². The maximum Gasteiger partial charge on any atom is 0.173 e. The van der Waals surface area contributed by atoms with E-state index in [9.17, 15) is 4.79 Å². The Morgan fingerprint density at radius 1 is 0.840 bits per heavy atom. The summed E-state index contributed by atoms with van der Waals surface area (Å²) in [6.45, 7) is 0. The second-order valence-electron chi connectivity index (χ2n) is 5.70. The van der Waals surface area contributed by atoms with E-state index in [1.165, 1.54) is 17.1 Å². The van der Waals surface area contributed by atoms with Gasteiger partial charge in [0, 0.05) is 20.8 Å². The molecule has 0 saturated carbocycles. The Labute approximate surface area is 158 Å². The van der Waals surface area contributed by atoms with Gasteiger partial charge in [0.05, 0.1) is 11.3 Å². The number of nitrogens with zero attached hydrogens (tertiary/aromatic N) is 1. The molecule has 4 rings (SSSR count). The SMILES string of the molecule is O=C(CSc1nc2ccccc2c2ccccc12)c1ccc(Br)cc1. The predicted octanol–water partition coefficient (Wildman–Crippen LogP) is 6.13. The number of carbonyl (C=O) groups is 1. The van der Waals surface area contributed by atoms with Crippen LogP contribution in [0.3, 0.4) is 0 Å². The van der Waals surface area contributed by atoms with E-state index in [4.69, 9.17) is 4.98 Å². The third kappa shape index (κ3) is 3.32. The molecule has 1 aromatic heterocycles. The molecule has 25 heavy (non-hydrogen) atoms. The van der Waals surface area contributed by atoms with Gasteiger partial charge in [-0.3, -0.25) is 4.79 Å². The van der Waals surface area contributed by atoms with E-state index in [-0.39, 0.29) is 5.78 Å². The lowest BCUT2D eigenvalue weighted by molar-refractivity contribution is 0.102. The summed E-state index contributed by atoms with van der Waals surface area (Å²) in [5.41, 5.74) is 1.68. The van der Waals surface area contributed by atoms with E-state index in [0.29, 0.717) is 5.75 Å². The molecular formula is C21H14BrNOS. The first-order valence-electron chi connectivity index (χ1n) is 7.91. The van der Waals surface area contributed by atoms with Crippen LogP contribution in [0.2, 0.25) is 0 Å². The summed E-state index contributed by atoms with van der Waals surface area (Å²) in [5.74, 6) is 0.480. The van der Waals surface area contributed by atoms with Crippen LogP contribution >= 0.6 is 27.7 Å². The van der Waals surface area contributed by atoms with Gasteiger partial charge in [0.1, 0.15) is 5.03 Å². The Hall–Kier alpha value is -2.17. The molecule has 0 fully saturated rings. The first-order valence-corrected chi connectivity index (χ1v) is 9.69. The summed E-state index contributed by atoms with van der Waals surface area (Å²) in [6.07, 6.45) is 0. The Bertz CT molecular complexity index is 1080. The van der Waals surface area contributed by atoms with Crippen LogP contribution in [-0.2, 0) is 0 Å². The quantitative estimate of drug-likeness (QED) is 0.231. The maximum atomic E-state index is 12.5. The molecule has 0 unspecified atom stereocenters. The number of carbonyl (C=O) groups excluding carboxylic acids is 1. The number of rotatable bonds is 4. The molecule has 2 nitrogen and oxygen atoms in total. The molecule has 0 saturated heterocycles. The lowest BCUT2D eigenvalue weighted by Crippen LogP contribution is -2.02. The minimum Gasteiger partial charge on any atom is -0.293 e. The van der Waals surface area contributed by atoms with Gasteiger partial charge in [-0.2, -0.15) is 0 Å². The van der Waals surface area contributed by atoms with Gasteiger partial charge in [-0.1, -0.05) is 82.3 Å². The number of fused-ring (bicyclic) bond motifs is 3. The molecule has 122 valence electrons. The molecule has 0 bridgehead atoms. The third-order valence-electron chi connectivity index (χ3n) is 4.08. The van der Waals surface area contributed by atoms with Crippen molar-refractivity contribution in [3.8, 4) is 0 Å². The van der Waals surface area contributed by atoms with Crippen molar-refractivity contribution >= 4 is 55.2 Å². The number of Topliss-reactive ketones (excluding diaryl/α,β-unsaturated/α-hetero) is 1. The first-order chi connectivity index (χ1) is 12.2. The van der Waals surface area contributed by atoms with Crippen molar-refractivity contribution in [2.45, 2.75) is 5.03 Å². The first kappa shape index (κ1) is 16.3. The Kier molecular flexibility index (Phi) is 4.55. The average molecular weight is 408 g/mol. The zero-order valence-electron chi connectivity index (χ0n) is 13.3. The van der Waals surface area contributed by atoms with Gasteiger partial charge in [0.15, 0.2) is 5.78 Å². The molecule has 3 aromatic carbocycles. The molecule has 4 aromatic rings. The summed E-state index contributed by atoms with van der Waals surface area (Å²) >= 11 is 4.89. The summed E-state index contributed by atoms with van der Waals surface area (Å²) in [7, 11) is 0. The van der Waals surface area contributed by atoms with Crippen LogP contribution in [0.4, 0.5) is 0 Å². The second kappa shape index (κ2) is 6.98. The molecule has 0 N–H and O–H groups in total. The van der Waals surface area contributed by atoms with E-state index < -0.39 is 0 Å². The number of halogens is 1. The van der Waals surface area contributed by atoms with Crippen LogP contribution in [-0.4, -0.2) is 16.5 Å². The van der Waals surface area contributed by atoms with Gasteiger partial charge in [0.25, 0.3) is 0 Å². The van der Waals surface area contributed by atoms with Gasteiger partial charge in [0.2, 0.25) is 0 Å². The Morgan fingerprint density at radius 2 is 1.48 bits per heavy atom. The Morgan fingerprint density at radius 3 is 2.24 bits per heavy atom. The maximum absolute atomic E-state index is 12.5. The number of benzene rings is 3. The van der Waals surface area contributed by atoms with Crippen molar-refractivity contribution in [2.24, 2.45) is 0 Å². The van der Waals surface area contributed by atoms with E-state index in [0.717, 1.165) is 31.4 Å². The van der Waals surface area contributed by atoms with Gasteiger partial charge in [-0.05, 0) is 23.6 Å².